The van der Waals surface area contributed by atoms with Crippen molar-refractivity contribution < 1.29 is 28.5 Å². The van der Waals surface area contributed by atoms with Gasteiger partial charge in [0.05, 0.1) is 51.9 Å². The lowest BCUT2D eigenvalue weighted by Gasteiger charge is -2.35. The Balaban J connectivity index is 1.06. The van der Waals surface area contributed by atoms with Crippen molar-refractivity contribution in [2.24, 2.45) is 11.7 Å². The van der Waals surface area contributed by atoms with Crippen molar-refractivity contribution in [3.63, 3.8) is 0 Å². The van der Waals surface area contributed by atoms with E-state index >= 15 is 0 Å². The average molecular weight is 869 g/mol. The van der Waals surface area contributed by atoms with Crippen LogP contribution in [0.3, 0.4) is 0 Å². The lowest BCUT2D eigenvalue weighted by molar-refractivity contribution is -0.131. The van der Waals surface area contributed by atoms with Gasteiger partial charge in [0.1, 0.15) is 12.6 Å². The number of hydrogen-bond acceptors (Lipinski definition) is 15. The Hall–Kier alpha value is -4.15. The van der Waals surface area contributed by atoms with E-state index in [1.165, 1.54) is 6.42 Å². The van der Waals surface area contributed by atoms with E-state index in [2.05, 4.69) is 50.5 Å². The summed E-state index contributed by atoms with van der Waals surface area (Å²) in [4.78, 5) is 46.9. The van der Waals surface area contributed by atoms with E-state index in [4.69, 9.17) is 46.1 Å². The third-order valence-corrected chi connectivity index (χ3v) is 11.3. The summed E-state index contributed by atoms with van der Waals surface area (Å²) in [6, 6.07) is -0.346. The smallest absolute Gasteiger partial charge is 0.245 e. The number of anilines is 3. The van der Waals surface area contributed by atoms with Crippen LogP contribution in [0, 0.1) is 18.3 Å². The van der Waals surface area contributed by atoms with E-state index in [-0.39, 0.29) is 30.4 Å². The molecule has 2 aliphatic heterocycles. The Bertz CT molecular complexity index is 1560. The Morgan fingerprint density at radius 2 is 1.44 bits per heavy atom. The predicted octanol–water partition coefficient (Wildman–Crippen LogP) is 3.63. The maximum absolute atomic E-state index is 13.2. The summed E-state index contributed by atoms with van der Waals surface area (Å²) in [5, 5.41) is 15.1. The van der Waals surface area contributed by atoms with Gasteiger partial charge >= 0.3 is 0 Å². The highest BCUT2D eigenvalue weighted by Gasteiger charge is 2.28. The molecule has 4 N–H and O–H groups in total. The van der Waals surface area contributed by atoms with E-state index < -0.39 is 0 Å². The number of nitrogens with zero attached hydrogens (tertiary/aromatic N) is 9. The molecule has 0 bridgehead atoms. The first-order valence-electron chi connectivity index (χ1n) is 23.3. The number of carbonyl (C=O) groups is 2. The fourth-order valence-electron chi connectivity index (χ4n) is 7.43. The summed E-state index contributed by atoms with van der Waals surface area (Å²) in [6.07, 6.45) is 21.2. The fourth-order valence-corrected chi connectivity index (χ4v) is 7.43. The Morgan fingerprint density at radius 3 is 2.11 bits per heavy atom. The minimum absolute atomic E-state index is 0.0235. The second kappa shape index (κ2) is 30.8. The number of morpholine rings is 1. The monoisotopic (exact) mass is 869 g/mol. The van der Waals surface area contributed by atoms with Crippen molar-refractivity contribution in [1.82, 2.24) is 40.2 Å². The molecule has 2 aromatic rings. The molecule has 2 aliphatic rings. The molecule has 0 unspecified atom stereocenters. The SMILES string of the molecule is C#CCOCCOCCOCCNc1nc(N2CCOCC2)nc(N2CCN(C(=O)CCCCCCCCCCNC(=O)[C@@H]([C@H](C)CC)n3cc(CCCCCN)nn3)CC2)n1. The van der Waals surface area contributed by atoms with E-state index in [9.17, 15) is 9.59 Å². The van der Waals surface area contributed by atoms with Crippen molar-refractivity contribution in [1.29, 1.82) is 0 Å². The number of ether oxygens (including phenoxy) is 4. The van der Waals surface area contributed by atoms with Gasteiger partial charge in [0.2, 0.25) is 29.7 Å². The molecule has 2 atom stereocenters. The highest BCUT2D eigenvalue weighted by molar-refractivity contribution is 5.80. The maximum atomic E-state index is 13.2. The summed E-state index contributed by atoms with van der Waals surface area (Å²) in [5.41, 5.74) is 6.54. The van der Waals surface area contributed by atoms with E-state index in [0.29, 0.717) is 129 Å². The van der Waals surface area contributed by atoms with Crippen molar-refractivity contribution in [2.75, 3.05) is 127 Å². The second-order valence-electron chi connectivity index (χ2n) is 16.1. The number of unbranched alkanes of at least 4 members (excludes halogenated alkanes) is 9. The van der Waals surface area contributed by atoms with Crippen LogP contribution in [-0.4, -0.2) is 158 Å². The minimum Gasteiger partial charge on any atom is -0.378 e. The van der Waals surface area contributed by atoms with E-state index in [0.717, 1.165) is 82.7 Å². The zero-order valence-electron chi connectivity index (χ0n) is 37.8. The molecular weight excluding hydrogens is 793 g/mol. The number of nitrogens with one attached hydrogen (secondary N) is 2. The quantitative estimate of drug-likeness (QED) is 0.0694. The molecule has 348 valence electrons. The van der Waals surface area contributed by atoms with Gasteiger partial charge in [-0.25, -0.2) is 4.68 Å². The van der Waals surface area contributed by atoms with Gasteiger partial charge in [-0.05, 0) is 44.6 Å². The normalized spacial score (nSPS) is 15.4. The first-order chi connectivity index (χ1) is 30.4. The predicted molar refractivity (Wildman–Crippen MR) is 241 cm³/mol. The lowest BCUT2D eigenvalue weighted by Crippen LogP contribution is -2.49. The summed E-state index contributed by atoms with van der Waals surface area (Å²) in [6.45, 7) is 14.1. The summed E-state index contributed by atoms with van der Waals surface area (Å²) < 4.78 is 23.7. The molecule has 2 saturated heterocycles. The molecule has 2 amide bonds. The van der Waals surface area contributed by atoms with Crippen LogP contribution in [0.4, 0.5) is 17.8 Å². The molecule has 18 heteroatoms. The molecule has 2 fully saturated rings. The number of aryl methyl sites for hydroxylation is 1. The number of amides is 2. The summed E-state index contributed by atoms with van der Waals surface area (Å²) in [5.74, 6) is 4.57. The number of nitrogens with two attached hydrogens (primary N) is 1. The standard InChI is InChI=1S/C44H76N12O6/c1-4-28-59-32-34-62-35-33-60-29-21-47-42-48-43(50-44(49-42)55-26-30-61-31-27-55)54-24-22-53(23-25-54)39(57)18-14-10-8-6-7-9-11-16-20-46-41(58)40(37(3)5-2)56-36-38(51-52-56)17-13-12-15-19-45/h1,36-37,40H,5-35,45H2,2-3H3,(H,46,58)(H,47,48,49,50)/t37-,40-/m1/s1. The third-order valence-electron chi connectivity index (χ3n) is 11.3. The number of piperazine rings is 1. The van der Waals surface area contributed by atoms with Gasteiger partial charge in [-0.2, -0.15) is 15.0 Å². The molecule has 0 saturated carbocycles. The topological polar surface area (TPSA) is 200 Å². The van der Waals surface area contributed by atoms with Crippen LogP contribution in [0.25, 0.3) is 0 Å². The molecule has 4 rings (SSSR count). The van der Waals surface area contributed by atoms with Crippen molar-refractivity contribution in [3.8, 4) is 12.3 Å². The first kappa shape index (κ1) is 50.5. The van der Waals surface area contributed by atoms with Gasteiger partial charge in [-0.15, -0.1) is 11.5 Å². The van der Waals surface area contributed by atoms with Crippen LogP contribution >= 0.6 is 0 Å². The molecule has 0 aromatic carbocycles. The third kappa shape index (κ3) is 19.1. The zero-order chi connectivity index (χ0) is 44.0. The van der Waals surface area contributed by atoms with Gasteiger partial charge in [0.25, 0.3) is 0 Å². The second-order valence-corrected chi connectivity index (χ2v) is 16.1. The number of rotatable bonds is 33. The molecule has 18 nitrogen and oxygen atoms in total. The van der Waals surface area contributed by atoms with Crippen LogP contribution < -0.4 is 26.2 Å². The van der Waals surface area contributed by atoms with Gasteiger partial charge in [-0.3, -0.25) is 9.59 Å². The first-order valence-corrected chi connectivity index (χ1v) is 23.3. The van der Waals surface area contributed by atoms with Crippen LogP contribution in [-0.2, 0) is 35.0 Å². The molecule has 0 radical (unpaired) electrons. The lowest BCUT2D eigenvalue weighted by atomic mass is 9.98. The number of aromatic nitrogens is 6. The highest BCUT2D eigenvalue weighted by atomic mass is 16.5. The molecule has 2 aromatic heterocycles. The van der Waals surface area contributed by atoms with Gasteiger partial charge in [0.15, 0.2) is 0 Å². The average Bonchev–Trinajstić information content (AvgIpc) is 3.76. The molecule has 0 spiro atoms. The van der Waals surface area contributed by atoms with E-state index in [1.54, 1.807) is 4.68 Å². The summed E-state index contributed by atoms with van der Waals surface area (Å²) >= 11 is 0. The van der Waals surface area contributed by atoms with Crippen molar-refractivity contribution in [2.45, 2.75) is 110 Å². The Labute approximate surface area is 370 Å². The number of carbonyl (C=O) groups excluding carboxylic acids is 2. The van der Waals surface area contributed by atoms with Crippen molar-refractivity contribution in [3.05, 3.63) is 11.9 Å². The van der Waals surface area contributed by atoms with Crippen LogP contribution in [0.15, 0.2) is 6.20 Å². The minimum atomic E-state index is -0.346. The Morgan fingerprint density at radius 1 is 0.806 bits per heavy atom. The zero-order valence-corrected chi connectivity index (χ0v) is 37.8. The highest BCUT2D eigenvalue weighted by Crippen LogP contribution is 2.22. The number of terminal acetylenes is 1. The fraction of sp³-hybridized carbons (Fsp3) is 0.795. The Kier molecular flexibility index (Phi) is 25.1. The largest absolute Gasteiger partial charge is 0.378 e. The molecular formula is C44H76N12O6. The van der Waals surface area contributed by atoms with E-state index in [1.807, 2.05) is 11.1 Å². The molecule has 4 heterocycles. The molecule has 0 aliphatic carbocycles. The molecule has 62 heavy (non-hydrogen) atoms. The summed E-state index contributed by atoms with van der Waals surface area (Å²) in [7, 11) is 0. The van der Waals surface area contributed by atoms with Gasteiger partial charge in [0, 0.05) is 65.0 Å². The maximum Gasteiger partial charge on any atom is 0.245 e. The van der Waals surface area contributed by atoms with Crippen LogP contribution in [0.1, 0.15) is 109 Å². The van der Waals surface area contributed by atoms with Crippen LogP contribution in [0.5, 0.6) is 0 Å². The number of hydrogen-bond donors (Lipinski definition) is 3. The van der Waals surface area contributed by atoms with Crippen molar-refractivity contribution >= 4 is 29.7 Å². The van der Waals surface area contributed by atoms with Gasteiger partial charge < -0.3 is 50.0 Å². The van der Waals surface area contributed by atoms with Crippen LogP contribution in [0.2, 0.25) is 0 Å². The van der Waals surface area contributed by atoms with Gasteiger partial charge in [-0.1, -0.05) is 76.3 Å².